The molecule has 1 aromatic carbocycles. The van der Waals surface area contributed by atoms with E-state index in [2.05, 4.69) is 0 Å². The van der Waals surface area contributed by atoms with Gasteiger partial charge in [-0.2, -0.15) is 0 Å². The number of aliphatic hydroxyl groups is 1. The standard InChI is InChI=1S/C9H10O3/c10-6-8(11)7-12-9-4-2-1-3-5-9/h1-6,8,11H,7H2. The second-order valence-corrected chi connectivity index (χ2v) is 2.33. The first-order valence-electron chi connectivity index (χ1n) is 3.64. The molecule has 3 heteroatoms. The Balaban J connectivity index is 2.38. The van der Waals surface area contributed by atoms with Crippen molar-refractivity contribution < 1.29 is 14.6 Å². The van der Waals surface area contributed by atoms with Crippen LogP contribution in [0.3, 0.4) is 0 Å². The van der Waals surface area contributed by atoms with Crippen LogP contribution in [0, 0.1) is 0 Å². The first-order valence-corrected chi connectivity index (χ1v) is 3.64. The van der Waals surface area contributed by atoms with Gasteiger partial charge >= 0.3 is 0 Å². The molecule has 3 nitrogen and oxygen atoms in total. The number of aldehydes is 1. The summed E-state index contributed by atoms with van der Waals surface area (Å²) in [5.74, 6) is 0.651. The average Bonchev–Trinajstić information content (AvgIpc) is 2.16. The maximum Gasteiger partial charge on any atom is 0.151 e. The maximum absolute atomic E-state index is 10.00. The van der Waals surface area contributed by atoms with Gasteiger partial charge in [0.05, 0.1) is 0 Å². The Morgan fingerprint density at radius 3 is 2.67 bits per heavy atom. The van der Waals surface area contributed by atoms with E-state index in [4.69, 9.17) is 9.84 Å². The Kier molecular flexibility index (Phi) is 3.29. The molecule has 1 rings (SSSR count). The molecule has 0 aliphatic heterocycles. The Morgan fingerprint density at radius 2 is 2.08 bits per heavy atom. The predicted molar refractivity (Wildman–Crippen MR) is 44.0 cm³/mol. The molecule has 0 aliphatic carbocycles. The number of ether oxygens (including phenoxy) is 1. The van der Waals surface area contributed by atoms with Crippen molar-refractivity contribution in [3.63, 3.8) is 0 Å². The van der Waals surface area contributed by atoms with Gasteiger partial charge in [-0.1, -0.05) is 18.2 Å². The summed E-state index contributed by atoms with van der Waals surface area (Å²) in [6.07, 6.45) is -0.589. The molecule has 12 heavy (non-hydrogen) atoms. The van der Waals surface area contributed by atoms with Gasteiger partial charge in [0, 0.05) is 0 Å². The van der Waals surface area contributed by atoms with Crippen LogP contribution in [0.4, 0.5) is 0 Å². The molecule has 0 amide bonds. The van der Waals surface area contributed by atoms with Crippen molar-refractivity contribution in [3.05, 3.63) is 30.3 Å². The van der Waals surface area contributed by atoms with Crippen molar-refractivity contribution in [2.75, 3.05) is 6.61 Å². The molecule has 64 valence electrons. The van der Waals surface area contributed by atoms with E-state index in [1.54, 1.807) is 12.1 Å². The van der Waals surface area contributed by atoms with Crippen LogP contribution in [-0.4, -0.2) is 24.1 Å². The third-order valence-corrected chi connectivity index (χ3v) is 1.32. The minimum Gasteiger partial charge on any atom is -0.490 e. The molecule has 0 spiro atoms. The van der Waals surface area contributed by atoms with E-state index >= 15 is 0 Å². The van der Waals surface area contributed by atoms with E-state index in [-0.39, 0.29) is 6.61 Å². The van der Waals surface area contributed by atoms with E-state index in [0.29, 0.717) is 12.0 Å². The van der Waals surface area contributed by atoms with Gasteiger partial charge in [-0.15, -0.1) is 0 Å². The van der Waals surface area contributed by atoms with Crippen molar-refractivity contribution in [1.82, 2.24) is 0 Å². The van der Waals surface area contributed by atoms with Gasteiger partial charge in [-0.3, -0.25) is 0 Å². The van der Waals surface area contributed by atoms with Gasteiger partial charge in [-0.05, 0) is 12.1 Å². The third-order valence-electron chi connectivity index (χ3n) is 1.32. The van der Waals surface area contributed by atoms with Crippen LogP contribution in [0.1, 0.15) is 0 Å². The van der Waals surface area contributed by atoms with Crippen LogP contribution in [0.2, 0.25) is 0 Å². The van der Waals surface area contributed by atoms with Crippen molar-refractivity contribution in [1.29, 1.82) is 0 Å². The van der Waals surface area contributed by atoms with Crippen LogP contribution in [0.25, 0.3) is 0 Å². The minimum absolute atomic E-state index is 0.00745. The monoisotopic (exact) mass is 166 g/mol. The van der Waals surface area contributed by atoms with Gasteiger partial charge < -0.3 is 14.6 Å². The molecule has 0 radical (unpaired) electrons. The number of carbonyl (C=O) groups is 1. The van der Waals surface area contributed by atoms with Gasteiger partial charge in [0.25, 0.3) is 0 Å². The number of hydrogen-bond donors (Lipinski definition) is 1. The van der Waals surface area contributed by atoms with E-state index in [1.165, 1.54) is 0 Å². The SMILES string of the molecule is O=CC(O)COc1ccccc1. The zero-order valence-electron chi connectivity index (χ0n) is 6.51. The number of hydrogen-bond acceptors (Lipinski definition) is 3. The fourth-order valence-electron chi connectivity index (χ4n) is 0.738. The summed E-state index contributed by atoms with van der Waals surface area (Å²) in [6.45, 7) is 0.00745. The molecule has 1 atom stereocenters. The highest BCUT2D eigenvalue weighted by Gasteiger charge is 2.00. The van der Waals surface area contributed by atoms with Crippen LogP contribution in [0.15, 0.2) is 30.3 Å². The molecule has 1 unspecified atom stereocenters. The van der Waals surface area contributed by atoms with E-state index in [1.807, 2.05) is 18.2 Å². The van der Waals surface area contributed by atoms with Gasteiger partial charge in [0.2, 0.25) is 0 Å². The molecule has 1 N–H and O–H groups in total. The molecule has 0 heterocycles. The Morgan fingerprint density at radius 1 is 1.42 bits per heavy atom. The molecule has 0 aromatic heterocycles. The lowest BCUT2D eigenvalue weighted by molar-refractivity contribution is -0.116. The van der Waals surface area contributed by atoms with E-state index in [0.717, 1.165) is 0 Å². The number of aliphatic hydroxyl groups excluding tert-OH is 1. The lowest BCUT2D eigenvalue weighted by Crippen LogP contribution is -2.18. The number of para-hydroxylation sites is 1. The summed E-state index contributed by atoms with van der Waals surface area (Å²) in [5, 5.41) is 8.83. The molecule has 1 aromatic rings. The molecular formula is C9H10O3. The highest BCUT2D eigenvalue weighted by atomic mass is 16.5. The summed E-state index contributed by atoms with van der Waals surface area (Å²) in [4.78, 5) is 10.00. The van der Waals surface area contributed by atoms with Crippen LogP contribution < -0.4 is 4.74 Å². The minimum atomic E-state index is -1.04. The van der Waals surface area contributed by atoms with Gasteiger partial charge in [0.15, 0.2) is 6.29 Å². The normalized spacial score (nSPS) is 12.1. The number of rotatable bonds is 4. The number of benzene rings is 1. The highest BCUT2D eigenvalue weighted by molar-refractivity contribution is 5.55. The summed E-state index contributed by atoms with van der Waals surface area (Å²) in [5.41, 5.74) is 0. The van der Waals surface area contributed by atoms with Gasteiger partial charge in [0.1, 0.15) is 18.5 Å². The average molecular weight is 166 g/mol. The predicted octanol–water partition coefficient (Wildman–Crippen LogP) is 0.625. The van der Waals surface area contributed by atoms with Crippen molar-refractivity contribution in [2.24, 2.45) is 0 Å². The first kappa shape index (κ1) is 8.74. The summed E-state index contributed by atoms with van der Waals surface area (Å²) in [6, 6.07) is 9.03. The van der Waals surface area contributed by atoms with Crippen LogP contribution in [-0.2, 0) is 4.79 Å². The smallest absolute Gasteiger partial charge is 0.151 e. The van der Waals surface area contributed by atoms with Crippen LogP contribution >= 0.6 is 0 Å². The molecule has 0 aliphatic rings. The maximum atomic E-state index is 10.00. The molecule has 0 saturated heterocycles. The number of carbonyl (C=O) groups excluding carboxylic acids is 1. The van der Waals surface area contributed by atoms with Gasteiger partial charge in [-0.25, -0.2) is 0 Å². The molecule has 0 saturated carbocycles. The quantitative estimate of drug-likeness (QED) is 0.667. The van der Waals surface area contributed by atoms with E-state index in [9.17, 15) is 4.79 Å². The highest BCUT2D eigenvalue weighted by Crippen LogP contribution is 2.07. The fourth-order valence-corrected chi connectivity index (χ4v) is 0.738. The fraction of sp³-hybridized carbons (Fsp3) is 0.222. The zero-order chi connectivity index (χ0) is 8.81. The Hall–Kier alpha value is -1.35. The lowest BCUT2D eigenvalue weighted by atomic mass is 10.3. The largest absolute Gasteiger partial charge is 0.490 e. The molecule has 0 bridgehead atoms. The molecular weight excluding hydrogens is 156 g/mol. The summed E-state index contributed by atoms with van der Waals surface area (Å²) in [7, 11) is 0. The molecule has 0 fully saturated rings. The van der Waals surface area contributed by atoms with E-state index < -0.39 is 6.10 Å². The summed E-state index contributed by atoms with van der Waals surface area (Å²) >= 11 is 0. The second-order valence-electron chi connectivity index (χ2n) is 2.33. The topological polar surface area (TPSA) is 46.5 Å². The van der Waals surface area contributed by atoms with Crippen LogP contribution in [0.5, 0.6) is 5.75 Å². The Bertz CT molecular complexity index is 233. The van der Waals surface area contributed by atoms with Crippen molar-refractivity contribution in [2.45, 2.75) is 6.10 Å². The van der Waals surface area contributed by atoms with Crippen molar-refractivity contribution in [3.8, 4) is 5.75 Å². The zero-order valence-corrected chi connectivity index (χ0v) is 6.51. The lowest BCUT2D eigenvalue weighted by Gasteiger charge is -2.05. The summed E-state index contributed by atoms with van der Waals surface area (Å²) < 4.78 is 5.08. The Labute approximate surface area is 70.6 Å². The van der Waals surface area contributed by atoms with Crippen molar-refractivity contribution >= 4 is 6.29 Å². The third kappa shape index (κ3) is 2.72. The first-order chi connectivity index (χ1) is 5.83. The second kappa shape index (κ2) is 4.51.